The van der Waals surface area contributed by atoms with Crippen molar-refractivity contribution in [2.24, 2.45) is 23.7 Å². The molecule has 1 aromatic rings. The minimum atomic E-state index is -0.309. The molecule has 1 aliphatic heterocycles. The lowest BCUT2D eigenvalue weighted by Gasteiger charge is -2.23. The van der Waals surface area contributed by atoms with E-state index >= 15 is 0 Å². The first-order valence-corrected chi connectivity index (χ1v) is 7.76. The number of hydrogen-bond acceptors (Lipinski definition) is 3. The van der Waals surface area contributed by atoms with Gasteiger partial charge in [0.1, 0.15) is 6.10 Å². The first-order valence-electron chi connectivity index (χ1n) is 7.01. The molecule has 0 radical (unpaired) electrons. The Hall–Kier alpha value is -1.26. The lowest BCUT2D eigenvalue weighted by atomic mass is 9.79. The number of halogens is 2. The molecular formula is C15H13Cl2NO3. The van der Waals surface area contributed by atoms with Crippen molar-refractivity contribution in [2.45, 2.75) is 18.9 Å². The molecule has 5 atom stereocenters. The second-order valence-corrected chi connectivity index (χ2v) is 6.88. The Kier molecular flexibility index (Phi) is 2.95. The lowest BCUT2D eigenvalue weighted by Crippen LogP contribution is -2.35. The maximum Gasteiger partial charge on any atom is 0.310 e. The topological polar surface area (TPSA) is 55.4 Å². The number of anilines is 1. The third-order valence-corrected chi connectivity index (χ3v) is 5.54. The van der Waals surface area contributed by atoms with Crippen LogP contribution in [0.4, 0.5) is 5.69 Å². The number of carbonyl (C=O) groups excluding carboxylic acids is 2. The molecule has 3 aliphatic rings. The van der Waals surface area contributed by atoms with Gasteiger partial charge in [-0.2, -0.15) is 0 Å². The maximum atomic E-state index is 12.6. The zero-order valence-corrected chi connectivity index (χ0v) is 12.5. The van der Waals surface area contributed by atoms with Gasteiger partial charge in [0.2, 0.25) is 5.91 Å². The number of hydrogen-bond donors (Lipinski definition) is 1. The van der Waals surface area contributed by atoms with Crippen LogP contribution >= 0.6 is 23.2 Å². The Morgan fingerprint density at radius 1 is 1.29 bits per heavy atom. The van der Waals surface area contributed by atoms with Crippen molar-refractivity contribution in [1.82, 2.24) is 0 Å². The van der Waals surface area contributed by atoms with E-state index < -0.39 is 0 Å². The molecule has 0 aromatic heterocycles. The van der Waals surface area contributed by atoms with Gasteiger partial charge in [-0.3, -0.25) is 9.59 Å². The van der Waals surface area contributed by atoms with Gasteiger partial charge in [-0.15, -0.1) is 0 Å². The first kappa shape index (κ1) is 13.4. The lowest BCUT2D eigenvalue weighted by molar-refractivity contribution is -0.145. The summed E-state index contributed by atoms with van der Waals surface area (Å²) in [5, 5.41) is 3.75. The number of benzene rings is 1. The van der Waals surface area contributed by atoms with E-state index in [1.807, 2.05) is 0 Å². The van der Waals surface area contributed by atoms with Crippen LogP contribution in [-0.2, 0) is 14.3 Å². The predicted octanol–water partition coefficient (Wildman–Crippen LogP) is 3.13. The number of ether oxygens (including phenoxy) is 1. The van der Waals surface area contributed by atoms with Crippen molar-refractivity contribution in [3.63, 3.8) is 0 Å². The zero-order chi connectivity index (χ0) is 14.7. The van der Waals surface area contributed by atoms with Crippen LogP contribution in [-0.4, -0.2) is 18.0 Å². The highest BCUT2D eigenvalue weighted by Gasteiger charge is 2.63. The quantitative estimate of drug-likeness (QED) is 0.850. The van der Waals surface area contributed by atoms with E-state index in [2.05, 4.69) is 5.32 Å². The molecular weight excluding hydrogens is 313 g/mol. The van der Waals surface area contributed by atoms with Gasteiger partial charge in [0, 0.05) is 10.9 Å². The average molecular weight is 326 g/mol. The molecule has 110 valence electrons. The minimum absolute atomic E-state index is 0.0336. The standard InChI is InChI=1S/C15H13Cl2NO3/c16-7-1-2-9(17)10(5-7)18-14(19)12-6-3-8-11(4-6)21-15(20)13(8)12/h1-2,5-6,8,11-13H,3-4H2,(H,18,19)/t6-,8+,11+,12-,13-/m1/s1. The molecule has 2 saturated carbocycles. The highest BCUT2D eigenvalue weighted by Crippen LogP contribution is 2.57. The molecule has 1 amide bonds. The van der Waals surface area contributed by atoms with Gasteiger partial charge in [0.15, 0.2) is 0 Å². The fraction of sp³-hybridized carbons (Fsp3) is 0.467. The van der Waals surface area contributed by atoms with Gasteiger partial charge < -0.3 is 10.1 Å². The number of fused-ring (bicyclic) bond motifs is 1. The second kappa shape index (κ2) is 4.62. The van der Waals surface area contributed by atoms with Crippen LogP contribution in [0.5, 0.6) is 0 Å². The van der Waals surface area contributed by atoms with Crippen molar-refractivity contribution in [3.8, 4) is 0 Å². The molecule has 4 nitrogen and oxygen atoms in total. The van der Waals surface area contributed by atoms with Gasteiger partial charge in [0.05, 0.1) is 22.5 Å². The van der Waals surface area contributed by atoms with E-state index in [9.17, 15) is 9.59 Å². The normalized spacial score (nSPS) is 35.9. The summed E-state index contributed by atoms with van der Waals surface area (Å²) < 4.78 is 5.35. The highest BCUT2D eigenvalue weighted by atomic mass is 35.5. The number of esters is 1. The second-order valence-electron chi connectivity index (χ2n) is 6.04. The smallest absolute Gasteiger partial charge is 0.310 e. The molecule has 2 aliphatic carbocycles. The van der Waals surface area contributed by atoms with Crippen molar-refractivity contribution in [1.29, 1.82) is 0 Å². The molecule has 3 fully saturated rings. The van der Waals surface area contributed by atoms with Gasteiger partial charge >= 0.3 is 5.97 Å². The molecule has 6 heteroatoms. The average Bonchev–Trinajstić information content (AvgIpc) is 3.03. The Labute approximate surface area is 131 Å². The summed E-state index contributed by atoms with van der Waals surface area (Å²) in [6.45, 7) is 0. The van der Waals surface area contributed by atoms with Crippen molar-refractivity contribution < 1.29 is 14.3 Å². The summed E-state index contributed by atoms with van der Waals surface area (Å²) in [5.41, 5.74) is 0.486. The van der Waals surface area contributed by atoms with E-state index in [1.165, 1.54) is 0 Å². The molecule has 2 bridgehead atoms. The van der Waals surface area contributed by atoms with E-state index in [0.29, 0.717) is 15.7 Å². The molecule has 1 aromatic carbocycles. The molecule has 1 saturated heterocycles. The van der Waals surface area contributed by atoms with Gasteiger partial charge in [-0.05, 0) is 37.0 Å². The molecule has 1 N–H and O–H groups in total. The van der Waals surface area contributed by atoms with Crippen LogP contribution < -0.4 is 5.32 Å². The SMILES string of the molecule is O=C(Nc1cc(Cl)ccc1Cl)[C@@H]1[C@@H]2C[C@@H]3[C@H]1C(=O)O[C@H]3C2. The van der Waals surface area contributed by atoms with Gasteiger partial charge in [-0.1, -0.05) is 23.2 Å². The van der Waals surface area contributed by atoms with Crippen molar-refractivity contribution in [2.75, 3.05) is 5.32 Å². The van der Waals surface area contributed by atoms with Gasteiger partial charge in [-0.25, -0.2) is 0 Å². The monoisotopic (exact) mass is 325 g/mol. The van der Waals surface area contributed by atoms with Crippen molar-refractivity contribution in [3.05, 3.63) is 28.2 Å². The number of carbonyl (C=O) groups is 2. The Balaban J connectivity index is 1.58. The fourth-order valence-electron chi connectivity index (χ4n) is 4.17. The van der Waals surface area contributed by atoms with Crippen molar-refractivity contribution >= 4 is 40.8 Å². The minimum Gasteiger partial charge on any atom is -0.462 e. The summed E-state index contributed by atoms with van der Waals surface area (Å²) in [5.74, 6) is -0.526. The van der Waals surface area contributed by atoms with Gasteiger partial charge in [0.25, 0.3) is 0 Å². The summed E-state index contributed by atoms with van der Waals surface area (Å²) in [4.78, 5) is 24.5. The fourth-order valence-corrected chi connectivity index (χ4v) is 4.51. The maximum absolute atomic E-state index is 12.6. The zero-order valence-electron chi connectivity index (χ0n) is 11.0. The third kappa shape index (κ3) is 1.96. The Bertz CT molecular complexity index is 646. The summed E-state index contributed by atoms with van der Waals surface area (Å²) >= 11 is 12.0. The van der Waals surface area contributed by atoms with E-state index in [0.717, 1.165) is 12.8 Å². The third-order valence-electron chi connectivity index (χ3n) is 4.97. The van der Waals surface area contributed by atoms with Crippen LogP contribution in [0.25, 0.3) is 0 Å². The number of amides is 1. The van der Waals surface area contributed by atoms with Crippen LogP contribution in [0.15, 0.2) is 18.2 Å². The predicted molar refractivity (Wildman–Crippen MR) is 78.2 cm³/mol. The molecule has 0 spiro atoms. The van der Waals surface area contributed by atoms with E-state index in [4.69, 9.17) is 27.9 Å². The Morgan fingerprint density at radius 3 is 2.90 bits per heavy atom. The van der Waals surface area contributed by atoms with Crippen LogP contribution in [0, 0.1) is 23.7 Å². The molecule has 1 heterocycles. The largest absolute Gasteiger partial charge is 0.462 e. The molecule has 0 unspecified atom stereocenters. The molecule has 21 heavy (non-hydrogen) atoms. The van der Waals surface area contributed by atoms with Crippen LogP contribution in [0.3, 0.4) is 0 Å². The first-order chi connectivity index (χ1) is 10.0. The summed E-state index contributed by atoms with van der Waals surface area (Å²) in [7, 11) is 0. The van der Waals surface area contributed by atoms with E-state index in [1.54, 1.807) is 18.2 Å². The molecule has 4 rings (SSSR count). The summed E-state index contributed by atoms with van der Waals surface area (Å²) in [6, 6.07) is 4.92. The Morgan fingerprint density at radius 2 is 2.10 bits per heavy atom. The number of rotatable bonds is 2. The summed E-state index contributed by atoms with van der Waals surface area (Å²) in [6.07, 6.45) is 1.74. The van der Waals surface area contributed by atoms with E-state index in [-0.39, 0.29) is 41.7 Å². The van der Waals surface area contributed by atoms with Crippen LogP contribution in [0.2, 0.25) is 10.0 Å². The van der Waals surface area contributed by atoms with Crippen LogP contribution in [0.1, 0.15) is 12.8 Å². The number of nitrogens with one attached hydrogen (secondary N) is 1. The highest BCUT2D eigenvalue weighted by molar-refractivity contribution is 6.35.